The molecule has 0 aliphatic rings. The van der Waals surface area contributed by atoms with Gasteiger partial charge in [-0.15, -0.1) is 0 Å². The van der Waals surface area contributed by atoms with Gasteiger partial charge in [0.25, 0.3) is 0 Å². The molecule has 0 N–H and O–H groups in total. The van der Waals surface area contributed by atoms with Crippen LogP contribution in [0.4, 0.5) is 34.1 Å². The van der Waals surface area contributed by atoms with Crippen LogP contribution in [0.1, 0.15) is 13.7 Å². The van der Waals surface area contributed by atoms with Gasteiger partial charge in [-0.2, -0.15) is 0 Å². The Morgan fingerprint density at radius 3 is 0.880 bits per heavy atom. The SMILES string of the molecule is [2H]c1c([2H])c([2H])c(N(c2cccc(-n3c4ccccc4c4cc(-c5ccc6c(c5)c5ccccc5n6-c5ccccc5)ccc43)c2)c2c([2H])c([2H])c([2H])c([2H])c2[2H])c([2H])c1[2H].c1ccc(-c2ccccc2N(c2ccccc2)c2cccc(-n3c4ccccc4c4cc(-c5ccc6c(c5)c5ccccc5n6-c5ccccc5)ccc43)c2)cc1. The van der Waals surface area contributed by atoms with E-state index in [4.69, 9.17) is 13.7 Å². The molecule has 0 spiro atoms. The molecule has 0 bridgehead atoms. The first-order chi connectivity index (χ1) is 57.8. The van der Waals surface area contributed by atoms with E-state index in [1.807, 2.05) is 42.5 Å². The number of para-hydroxylation sites is 10. The van der Waals surface area contributed by atoms with Gasteiger partial charge in [0.1, 0.15) is 0 Å². The predicted octanol–water partition coefficient (Wildman–Crippen LogP) is 27.7. The minimum Gasteiger partial charge on any atom is -0.310 e. The zero-order chi connectivity index (χ0) is 80.1. The van der Waals surface area contributed by atoms with Crippen LogP contribution in [0.2, 0.25) is 0 Å². The Morgan fingerprint density at radius 2 is 0.481 bits per heavy atom. The lowest BCUT2D eigenvalue weighted by Gasteiger charge is -2.28. The van der Waals surface area contributed by atoms with Crippen LogP contribution >= 0.6 is 0 Å². The molecule has 108 heavy (non-hydrogen) atoms. The van der Waals surface area contributed by atoms with Crippen LogP contribution in [0.25, 0.3) is 143 Å². The number of rotatable bonds is 13. The third-order valence-corrected chi connectivity index (χ3v) is 20.7. The van der Waals surface area contributed by atoms with Crippen LogP contribution < -0.4 is 9.80 Å². The molecule has 21 aromatic rings. The molecule has 4 heterocycles. The highest BCUT2D eigenvalue weighted by atomic mass is 15.2. The molecule has 0 radical (unpaired) electrons. The van der Waals surface area contributed by atoms with Crippen molar-refractivity contribution in [2.24, 2.45) is 0 Å². The Labute approximate surface area is 640 Å². The average Bonchev–Trinajstić information content (AvgIpc) is 1.09. The summed E-state index contributed by atoms with van der Waals surface area (Å²) in [6.45, 7) is 0. The lowest BCUT2D eigenvalue weighted by Crippen LogP contribution is -2.11. The summed E-state index contributed by atoms with van der Waals surface area (Å²) in [5.74, 6) is 0. The van der Waals surface area contributed by atoms with Crippen LogP contribution in [0.3, 0.4) is 0 Å². The van der Waals surface area contributed by atoms with E-state index >= 15 is 0 Å². The second-order valence-corrected chi connectivity index (χ2v) is 26.9. The molecule has 0 amide bonds. The third kappa shape index (κ3) is 11.1. The summed E-state index contributed by atoms with van der Waals surface area (Å²) in [5.41, 5.74) is 22.5. The van der Waals surface area contributed by atoms with E-state index in [-0.39, 0.29) is 17.1 Å². The number of hydrogen-bond donors (Lipinski definition) is 0. The van der Waals surface area contributed by atoms with Gasteiger partial charge in [-0.1, -0.05) is 249 Å². The van der Waals surface area contributed by atoms with Gasteiger partial charge in [0.05, 0.1) is 63.5 Å². The summed E-state index contributed by atoms with van der Waals surface area (Å²) in [7, 11) is 0. The molecule has 21 rings (SSSR count). The van der Waals surface area contributed by atoms with E-state index in [1.54, 1.807) is 18.2 Å². The Balaban J connectivity index is 0.000000152. The lowest BCUT2D eigenvalue weighted by molar-refractivity contribution is 1.17. The van der Waals surface area contributed by atoms with E-state index in [0.29, 0.717) is 5.69 Å². The summed E-state index contributed by atoms with van der Waals surface area (Å²) in [6.07, 6.45) is 0. The molecule has 6 nitrogen and oxygen atoms in total. The molecule has 0 saturated heterocycles. The van der Waals surface area contributed by atoms with Gasteiger partial charge in [-0.3, -0.25) is 0 Å². The van der Waals surface area contributed by atoms with Crippen molar-refractivity contribution in [3.8, 4) is 56.1 Å². The highest BCUT2D eigenvalue weighted by Gasteiger charge is 2.23. The summed E-state index contributed by atoms with van der Waals surface area (Å²) < 4.78 is 95.1. The molecular weight excluding hydrogens is 1310 g/mol. The van der Waals surface area contributed by atoms with Crippen molar-refractivity contribution in [2.75, 3.05) is 9.80 Å². The van der Waals surface area contributed by atoms with E-state index in [1.165, 1.54) is 76.5 Å². The summed E-state index contributed by atoms with van der Waals surface area (Å²) in [4.78, 5) is 3.56. The minimum absolute atomic E-state index is 0.222. The van der Waals surface area contributed by atoms with Crippen LogP contribution in [-0.4, -0.2) is 18.3 Å². The lowest BCUT2D eigenvalue weighted by atomic mass is 10.0. The monoisotopic (exact) mass is 1390 g/mol. The van der Waals surface area contributed by atoms with Gasteiger partial charge < -0.3 is 28.1 Å². The Kier molecular flexibility index (Phi) is 13.3. The van der Waals surface area contributed by atoms with Crippen molar-refractivity contribution in [1.82, 2.24) is 18.3 Å². The van der Waals surface area contributed by atoms with E-state index in [9.17, 15) is 0 Å². The van der Waals surface area contributed by atoms with Gasteiger partial charge >= 0.3 is 0 Å². The van der Waals surface area contributed by atoms with E-state index in [0.717, 1.165) is 83.2 Å². The molecule has 17 aromatic carbocycles. The van der Waals surface area contributed by atoms with Crippen molar-refractivity contribution in [2.45, 2.75) is 0 Å². The zero-order valence-electron chi connectivity index (χ0n) is 68.3. The molecule has 0 unspecified atom stereocenters. The average molecular weight is 1390 g/mol. The minimum atomic E-state index is -0.621. The van der Waals surface area contributed by atoms with Gasteiger partial charge in [0.15, 0.2) is 0 Å². The van der Waals surface area contributed by atoms with Crippen LogP contribution in [0, 0.1) is 0 Å². The van der Waals surface area contributed by atoms with Gasteiger partial charge in [0.2, 0.25) is 0 Å². The standard InChI is InChI=1S/C54H37N3.C48H33N3/c1-4-17-38(18-5-1)45-25-10-13-28-50(45)55(41-19-6-2-7-20-41)43-23-16-24-44(37-43)57-52-30-15-12-27-47(52)49-36-40(32-34-54(49)57)39-31-33-53-48(35-39)46-26-11-14-29-51(46)56(53)42-21-8-3-9-22-42;1-4-15-36(16-5-1)49(37-17-6-2-7-18-37)39-21-14-22-40(33-39)51-46-26-13-11-24-42(46)44-32-35(28-30-48(44)51)34-27-29-47-43(31-34)41-23-10-12-25-45(41)50(47)38-19-8-3-9-20-38/h1-37H;1-33H/i;1D,2D,4D,5D,6D,7D,15D,16D,17D,18D. The molecule has 0 saturated carbocycles. The molecule has 0 aliphatic heterocycles. The molecule has 0 fully saturated rings. The Hall–Kier alpha value is -14.5. The fourth-order valence-electron chi connectivity index (χ4n) is 16.0. The fraction of sp³-hybridized carbons (Fsp3) is 0. The largest absolute Gasteiger partial charge is 0.310 e. The summed E-state index contributed by atoms with van der Waals surface area (Å²) in [6, 6.07) is 122. The van der Waals surface area contributed by atoms with Crippen molar-refractivity contribution >= 4 is 121 Å². The van der Waals surface area contributed by atoms with Crippen molar-refractivity contribution < 1.29 is 13.7 Å². The van der Waals surface area contributed by atoms with Crippen molar-refractivity contribution in [1.29, 1.82) is 0 Å². The first-order valence-corrected chi connectivity index (χ1v) is 36.1. The third-order valence-electron chi connectivity index (χ3n) is 20.7. The second kappa shape index (κ2) is 27.0. The van der Waals surface area contributed by atoms with Gasteiger partial charge in [-0.25, -0.2) is 0 Å². The predicted molar refractivity (Wildman–Crippen MR) is 456 cm³/mol. The van der Waals surface area contributed by atoms with Gasteiger partial charge in [-0.05, 0) is 204 Å². The van der Waals surface area contributed by atoms with Crippen molar-refractivity contribution in [3.05, 3.63) is 424 Å². The molecule has 4 aromatic heterocycles. The van der Waals surface area contributed by atoms with E-state index < -0.39 is 60.4 Å². The smallest absolute Gasteiger partial charge is 0.0645 e. The quantitative estimate of drug-likeness (QED) is 0.115. The number of hydrogen-bond acceptors (Lipinski definition) is 2. The molecule has 0 aliphatic carbocycles. The number of aromatic nitrogens is 4. The topological polar surface area (TPSA) is 26.2 Å². The fourth-order valence-corrected chi connectivity index (χ4v) is 16.0. The zero-order valence-corrected chi connectivity index (χ0v) is 58.3. The number of nitrogens with zero attached hydrogens (tertiary/aromatic N) is 6. The summed E-state index contributed by atoms with van der Waals surface area (Å²) in [5, 5.41) is 9.24. The molecule has 6 heteroatoms. The maximum absolute atomic E-state index is 8.91. The Bertz CT molecular complexity index is 7460. The number of anilines is 6. The normalized spacial score (nSPS) is 12.8. The van der Waals surface area contributed by atoms with Crippen molar-refractivity contribution in [3.63, 3.8) is 0 Å². The molecule has 508 valence electrons. The summed E-state index contributed by atoms with van der Waals surface area (Å²) >= 11 is 0. The number of fused-ring (bicyclic) bond motifs is 12. The first kappa shape index (κ1) is 53.3. The van der Waals surface area contributed by atoms with E-state index in [2.05, 4.69) is 326 Å². The maximum atomic E-state index is 8.91. The van der Waals surface area contributed by atoms with Gasteiger partial charge in [0, 0.05) is 99.8 Å². The Morgan fingerprint density at radius 1 is 0.185 bits per heavy atom. The molecular formula is C102H70N6. The highest BCUT2D eigenvalue weighted by molar-refractivity contribution is 6.15. The van der Waals surface area contributed by atoms with Crippen LogP contribution in [-0.2, 0) is 0 Å². The molecule has 0 atom stereocenters. The number of benzene rings is 17. The maximum Gasteiger partial charge on any atom is 0.0645 e. The highest BCUT2D eigenvalue weighted by Crippen LogP contribution is 2.46. The first-order valence-electron chi connectivity index (χ1n) is 41.1. The van der Waals surface area contributed by atoms with Crippen LogP contribution in [0.5, 0.6) is 0 Å². The second-order valence-electron chi connectivity index (χ2n) is 26.9. The van der Waals surface area contributed by atoms with Crippen LogP contribution in [0.15, 0.2) is 424 Å².